The summed E-state index contributed by atoms with van der Waals surface area (Å²) in [4.78, 5) is 11.4. The molecule has 0 unspecified atom stereocenters. The van der Waals surface area contributed by atoms with E-state index in [1.54, 1.807) is 6.07 Å². The third kappa shape index (κ3) is 2.72. The highest BCUT2D eigenvalue weighted by Gasteiger charge is 2.12. The average Bonchev–Trinajstić information content (AvgIpc) is 2.19. The summed E-state index contributed by atoms with van der Waals surface area (Å²) < 4.78 is 4.66. The molecule has 0 aromatic heterocycles. The molecule has 3 nitrogen and oxygen atoms in total. The maximum atomic E-state index is 11.4. The molecular weight excluding hydrogens is 190 g/mol. The monoisotopic (exact) mass is 207 g/mol. The lowest BCUT2D eigenvalue weighted by molar-refractivity contribution is 0.0602. The first-order valence-electron chi connectivity index (χ1n) is 5.02. The maximum Gasteiger partial charge on any atom is 0.339 e. The van der Waals surface area contributed by atoms with Crippen LogP contribution in [0.3, 0.4) is 0 Å². The number of benzene rings is 1. The summed E-state index contributed by atoms with van der Waals surface area (Å²) in [5.41, 5.74) is 7.91. The van der Waals surface area contributed by atoms with Crippen molar-refractivity contribution in [2.75, 3.05) is 12.8 Å². The number of hydrogen-bond donors (Lipinski definition) is 1. The number of esters is 1. The standard InChI is InChI=1S/C12H17NO2/c1-8(2)7-9-5-4-6-10(11(9)13)12(14)15-3/h4-6,8H,7,13H2,1-3H3. The molecular formula is C12H17NO2. The molecule has 0 saturated carbocycles. The molecule has 15 heavy (non-hydrogen) atoms. The van der Waals surface area contributed by atoms with Crippen LogP contribution in [0.1, 0.15) is 29.8 Å². The molecule has 82 valence electrons. The third-order valence-electron chi connectivity index (χ3n) is 2.23. The van der Waals surface area contributed by atoms with Crippen LogP contribution in [0.4, 0.5) is 5.69 Å². The molecule has 2 N–H and O–H groups in total. The number of nitrogen functional groups attached to an aromatic ring is 1. The zero-order chi connectivity index (χ0) is 11.4. The number of anilines is 1. The molecule has 0 aliphatic carbocycles. The van der Waals surface area contributed by atoms with Gasteiger partial charge < -0.3 is 10.5 Å². The first kappa shape index (κ1) is 11.6. The molecule has 1 aromatic carbocycles. The van der Waals surface area contributed by atoms with E-state index in [9.17, 15) is 4.79 Å². The van der Waals surface area contributed by atoms with Crippen LogP contribution >= 0.6 is 0 Å². The van der Waals surface area contributed by atoms with E-state index in [-0.39, 0.29) is 5.97 Å². The fourth-order valence-corrected chi connectivity index (χ4v) is 1.52. The molecule has 0 atom stereocenters. The lowest BCUT2D eigenvalue weighted by Gasteiger charge is -2.11. The Morgan fingerprint density at radius 3 is 2.67 bits per heavy atom. The Balaban J connectivity index is 3.05. The van der Waals surface area contributed by atoms with Crippen LogP contribution < -0.4 is 5.73 Å². The Kier molecular flexibility index (Phi) is 3.72. The van der Waals surface area contributed by atoms with Gasteiger partial charge in [0, 0.05) is 5.69 Å². The number of nitrogens with two attached hydrogens (primary N) is 1. The number of methoxy groups -OCH3 is 1. The van der Waals surface area contributed by atoms with Crippen molar-refractivity contribution in [3.8, 4) is 0 Å². The summed E-state index contributed by atoms with van der Waals surface area (Å²) in [6, 6.07) is 5.47. The summed E-state index contributed by atoms with van der Waals surface area (Å²) in [7, 11) is 1.36. The van der Waals surface area contributed by atoms with Crippen molar-refractivity contribution in [1.82, 2.24) is 0 Å². The Morgan fingerprint density at radius 2 is 2.13 bits per heavy atom. The molecule has 1 rings (SSSR count). The van der Waals surface area contributed by atoms with Crippen molar-refractivity contribution < 1.29 is 9.53 Å². The average molecular weight is 207 g/mol. The van der Waals surface area contributed by atoms with Gasteiger partial charge in [-0.25, -0.2) is 4.79 Å². The van der Waals surface area contributed by atoms with Gasteiger partial charge in [-0.15, -0.1) is 0 Å². The van der Waals surface area contributed by atoms with Gasteiger partial charge in [-0.3, -0.25) is 0 Å². The second-order valence-electron chi connectivity index (χ2n) is 3.97. The Labute approximate surface area is 90.2 Å². The SMILES string of the molecule is COC(=O)c1cccc(CC(C)C)c1N. The summed E-state index contributed by atoms with van der Waals surface area (Å²) >= 11 is 0. The van der Waals surface area contributed by atoms with E-state index >= 15 is 0 Å². The van der Waals surface area contributed by atoms with E-state index in [0.717, 1.165) is 12.0 Å². The van der Waals surface area contributed by atoms with Crippen LogP contribution in [0, 0.1) is 5.92 Å². The normalized spacial score (nSPS) is 10.4. The predicted molar refractivity (Wildman–Crippen MR) is 60.7 cm³/mol. The van der Waals surface area contributed by atoms with Gasteiger partial charge >= 0.3 is 5.97 Å². The van der Waals surface area contributed by atoms with Gasteiger partial charge in [0.25, 0.3) is 0 Å². The molecule has 0 amide bonds. The molecule has 0 heterocycles. The number of carbonyl (C=O) groups excluding carboxylic acids is 1. The van der Waals surface area contributed by atoms with Crippen molar-refractivity contribution >= 4 is 11.7 Å². The maximum absolute atomic E-state index is 11.4. The number of ether oxygens (including phenoxy) is 1. The molecule has 0 saturated heterocycles. The number of para-hydroxylation sites is 1. The van der Waals surface area contributed by atoms with E-state index in [1.165, 1.54) is 7.11 Å². The van der Waals surface area contributed by atoms with E-state index in [0.29, 0.717) is 17.2 Å². The molecule has 0 spiro atoms. The van der Waals surface area contributed by atoms with Gasteiger partial charge in [0.05, 0.1) is 12.7 Å². The predicted octanol–water partition coefficient (Wildman–Crippen LogP) is 2.25. The van der Waals surface area contributed by atoms with Crippen molar-refractivity contribution in [3.63, 3.8) is 0 Å². The summed E-state index contributed by atoms with van der Waals surface area (Å²) in [5.74, 6) is 0.137. The van der Waals surface area contributed by atoms with Crippen molar-refractivity contribution in [2.45, 2.75) is 20.3 Å². The first-order chi connectivity index (χ1) is 7.06. The molecule has 3 heteroatoms. The van der Waals surface area contributed by atoms with Gasteiger partial charge in [-0.1, -0.05) is 26.0 Å². The van der Waals surface area contributed by atoms with Crippen molar-refractivity contribution in [3.05, 3.63) is 29.3 Å². The van der Waals surface area contributed by atoms with E-state index < -0.39 is 0 Å². The van der Waals surface area contributed by atoms with E-state index in [1.807, 2.05) is 12.1 Å². The second-order valence-corrected chi connectivity index (χ2v) is 3.97. The topological polar surface area (TPSA) is 52.3 Å². The van der Waals surface area contributed by atoms with Crippen LogP contribution in [0.25, 0.3) is 0 Å². The number of hydrogen-bond acceptors (Lipinski definition) is 3. The zero-order valence-corrected chi connectivity index (χ0v) is 9.41. The number of carbonyl (C=O) groups is 1. The summed E-state index contributed by atoms with van der Waals surface area (Å²) in [6.07, 6.45) is 0.872. The molecule has 0 radical (unpaired) electrons. The van der Waals surface area contributed by atoms with E-state index in [4.69, 9.17) is 5.73 Å². The third-order valence-corrected chi connectivity index (χ3v) is 2.23. The van der Waals surface area contributed by atoms with Crippen LogP contribution in [0.2, 0.25) is 0 Å². The van der Waals surface area contributed by atoms with Crippen LogP contribution in [-0.4, -0.2) is 13.1 Å². The molecule has 1 aromatic rings. The fraction of sp³-hybridized carbons (Fsp3) is 0.417. The molecule has 0 aliphatic rings. The molecule has 0 bridgehead atoms. The molecule has 0 aliphatic heterocycles. The fourth-order valence-electron chi connectivity index (χ4n) is 1.52. The lowest BCUT2D eigenvalue weighted by atomic mass is 9.99. The number of rotatable bonds is 3. The Morgan fingerprint density at radius 1 is 1.47 bits per heavy atom. The van der Waals surface area contributed by atoms with Crippen LogP contribution in [-0.2, 0) is 11.2 Å². The van der Waals surface area contributed by atoms with Crippen LogP contribution in [0.5, 0.6) is 0 Å². The van der Waals surface area contributed by atoms with Crippen LogP contribution in [0.15, 0.2) is 18.2 Å². The Hall–Kier alpha value is -1.51. The first-order valence-corrected chi connectivity index (χ1v) is 5.02. The smallest absolute Gasteiger partial charge is 0.339 e. The summed E-state index contributed by atoms with van der Waals surface area (Å²) in [5, 5.41) is 0. The van der Waals surface area contributed by atoms with E-state index in [2.05, 4.69) is 18.6 Å². The highest BCUT2D eigenvalue weighted by molar-refractivity contribution is 5.95. The Bertz CT molecular complexity index is 359. The minimum absolute atomic E-state index is 0.377. The van der Waals surface area contributed by atoms with Gasteiger partial charge in [0.1, 0.15) is 0 Å². The largest absolute Gasteiger partial charge is 0.465 e. The minimum atomic E-state index is -0.377. The van der Waals surface area contributed by atoms with Crippen molar-refractivity contribution in [1.29, 1.82) is 0 Å². The van der Waals surface area contributed by atoms with Gasteiger partial charge in [-0.2, -0.15) is 0 Å². The minimum Gasteiger partial charge on any atom is -0.465 e. The van der Waals surface area contributed by atoms with Gasteiger partial charge in [0.15, 0.2) is 0 Å². The van der Waals surface area contributed by atoms with Gasteiger partial charge in [-0.05, 0) is 24.0 Å². The second kappa shape index (κ2) is 4.82. The summed E-state index contributed by atoms with van der Waals surface area (Å²) in [6.45, 7) is 4.23. The zero-order valence-electron chi connectivity index (χ0n) is 9.41. The highest BCUT2D eigenvalue weighted by Crippen LogP contribution is 2.21. The molecule has 0 fully saturated rings. The lowest BCUT2D eigenvalue weighted by Crippen LogP contribution is -2.09. The quantitative estimate of drug-likeness (QED) is 0.611. The van der Waals surface area contributed by atoms with Crippen molar-refractivity contribution in [2.24, 2.45) is 5.92 Å². The highest BCUT2D eigenvalue weighted by atomic mass is 16.5. The van der Waals surface area contributed by atoms with Gasteiger partial charge in [0.2, 0.25) is 0 Å².